The Labute approximate surface area is 124 Å². The van der Waals surface area contributed by atoms with Crippen LogP contribution in [0.3, 0.4) is 0 Å². The first-order chi connectivity index (χ1) is 10.0. The average Bonchev–Trinajstić information content (AvgIpc) is 2.53. The quantitative estimate of drug-likeness (QED) is 0.884. The third-order valence-electron chi connectivity index (χ3n) is 3.43. The topological polar surface area (TPSA) is 64.3 Å². The van der Waals surface area contributed by atoms with Crippen molar-refractivity contribution in [2.75, 3.05) is 7.11 Å². The standard InChI is InChI=1S/C17H20N2O2/c1-17(18,14-8-4-3-5-9-14)16(20)19-12-13-7-6-10-15(11-13)21-2/h3-11H,12,18H2,1-2H3,(H,19,20). The SMILES string of the molecule is COc1cccc(CNC(=O)C(C)(N)c2ccccc2)c1. The van der Waals surface area contributed by atoms with Crippen LogP contribution >= 0.6 is 0 Å². The minimum absolute atomic E-state index is 0.212. The number of ether oxygens (including phenoxy) is 1. The second-order valence-electron chi connectivity index (χ2n) is 5.10. The molecule has 1 amide bonds. The van der Waals surface area contributed by atoms with E-state index in [2.05, 4.69) is 5.32 Å². The van der Waals surface area contributed by atoms with Crippen molar-refractivity contribution in [1.82, 2.24) is 5.32 Å². The highest BCUT2D eigenvalue weighted by atomic mass is 16.5. The molecule has 0 spiro atoms. The Morgan fingerprint density at radius 2 is 1.90 bits per heavy atom. The summed E-state index contributed by atoms with van der Waals surface area (Å²) in [5.41, 5.74) is 6.86. The number of carbonyl (C=O) groups is 1. The molecule has 4 heteroatoms. The van der Waals surface area contributed by atoms with Gasteiger partial charge in [0, 0.05) is 6.54 Å². The molecule has 0 aliphatic heterocycles. The normalized spacial score (nSPS) is 13.3. The minimum Gasteiger partial charge on any atom is -0.497 e. The van der Waals surface area contributed by atoms with Crippen LogP contribution in [0.25, 0.3) is 0 Å². The van der Waals surface area contributed by atoms with E-state index in [9.17, 15) is 4.79 Å². The van der Waals surface area contributed by atoms with Crippen LogP contribution in [-0.2, 0) is 16.9 Å². The first-order valence-electron chi connectivity index (χ1n) is 6.79. The zero-order valence-electron chi connectivity index (χ0n) is 12.3. The maximum Gasteiger partial charge on any atom is 0.244 e. The third kappa shape index (κ3) is 3.61. The van der Waals surface area contributed by atoms with Crippen LogP contribution in [0.5, 0.6) is 5.75 Å². The van der Waals surface area contributed by atoms with Gasteiger partial charge in [-0.3, -0.25) is 4.79 Å². The van der Waals surface area contributed by atoms with E-state index in [0.29, 0.717) is 6.54 Å². The van der Waals surface area contributed by atoms with Gasteiger partial charge in [-0.1, -0.05) is 42.5 Å². The molecule has 2 aromatic carbocycles. The summed E-state index contributed by atoms with van der Waals surface area (Å²) in [7, 11) is 1.62. The van der Waals surface area contributed by atoms with Gasteiger partial charge in [0.05, 0.1) is 7.11 Å². The zero-order chi connectivity index (χ0) is 15.3. The highest BCUT2D eigenvalue weighted by molar-refractivity contribution is 5.86. The van der Waals surface area contributed by atoms with Crippen molar-refractivity contribution in [3.05, 3.63) is 65.7 Å². The van der Waals surface area contributed by atoms with Gasteiger partial charge < -0.3 is 15.8 Å². The van der Waals surface area contributed by atoms with Gasteiger partial charge in [0.2, 0.25) is 5.91 Å². The van der Waals surface area contributed by atoms with E-state index in [1.54, 1.807) is 14.0 Å². The fourth-order valence-electron chi connectivity index (χ4n) is 2.06. The van der Waals surface area contributed by atoms with E-state index < -0.39 is 5.54 Å². The molecule has 2 rings (SSSR count). The Kier molecular flexibility index (Phi) is 4.60. The van der Waals surface area contributed by atoms with Gasteiger partial charge in [0.15, 0.2) is 0 Å². The number of rotatable bonds is 5. The molecule has 21 heavy (non-hydrogen) atoms. The molecule has 1 atom stereocenters. The Morgan fingerprint density at radius 3 is 2.57 bits per heavy atom. The third-order valence-corrected chi connectivity index (χ3v) is 3.43. The van der Waals surface area contributed by atoms with Crippen molar-refractivity contribution in [3.8, 4) is 5.75 Å². The number of carbonyl (C=O) groups excluding carboxylic acids is 1. The number of nitrogens with one attached hydrogen (secondary N) is 1. The molecule has 0 heterocycles. The molecule has 0 aliphatic rings. The van der Waals surface area contributed by atoms with E-state index in [1.807, 2.05) is 54.6 Å². The molecule has 0 fully saturated rings. The van der Waals surface area contributed by atoms with Crippen molar-refractivity contribution in [2.45, 2.75) is 19.0 Å². The van der Waals surface area contributed by atoms with Crippen LogP contribution in [0, 0.1) is 0 Å². The number of hydrogen-bond donors (Lipinski definition) is 2. The van der Waals surface area contributed by atoms with E-state index in [4.69, 9.17) is 10.5 Å². The molecule has 4 nitrogen and oxygen atoms in total. The van der Waals surface area contributed by atoms with Gasteiger partial charge in [-0.15, -0.1) is 0 Å². The van der Waals surface area contributed by atoms with Crippen LogP contribution in [0.15, 0.2) is 54.6 Å². The molecule has 0 radical (unpaired) electrons. The van der Waals surface area contributed by atoms with Gasteiger partial charge in [-0.25, -0.2) is 0 Å². The average molecular weight is 284 g/mol. The van der Waals surface area contributed by atoms with Crippen LogP contribution in [0.2, 0.25) is 0 Å². The molecule has 0 aliphatic carbocycles. The smallest absolute Gasteiger partial charge is 0.244 e. The van der Waals surface area contributed by atoms with Crippen molar-refractivity contribution < 1.29 is 9.53 Å². The fourth-order valence-corrected chi connectivity index (χ4v) is 2.06. The number of benzene rings is 2. The van der Waals surface area contributed by atoms with Gasteiger partial charge >= 0.3 is 0 Å². The van der Waals surface area contributed by atoms with Crippen LogP contribution in [0.1, 0.15) is 18.1 Å². The van der Waals surface area contributed by atoms with Gasteiger partial charge in [0.1, 0.15) is 11.3 Å². The van der Waals surface area contributed by atoms with E-state index >= 15 is 0 Å². The second kappa shape index (κ2) is 6.41. The largest absolute Gasteiger partial charge is 0.497 e. The van der Waals surface area contributed by atoms with Crippen molar-refractivity contribution >= 4 is 5.91 Å². The Hall–Kier alpha value is -2.33. The Bertz CT molecular complexity index is 609. The molecule has 0 bridgehead atoms. The predicted octanol–water partition coefficient (Wildman–Crippen LogP) is 2.19. The molecule has 0 saturated carbocycles. The van der Waals surface area contributed by atoms with Crippen molar-refractivity contribution in [1.29, 1.82) is 0 Å². The van der Waals surface area contributed by atoms with Crippen molar-refractivity contribution in [2.24, 2.45) is 5.73 Å². The molecule has 110 valence electrons. The molecule has 3 N–H and O–H groups in total. The predicted molar refractivity (Wildman–Crippen MR) is 82.8 cm³/mol. The molecule has 0 aromatic heterocycles. The molecular weight excluding hydrogens is 264 g/mol. The lowest BCUT2D eigenvalue weighted by Crippen LogP contribution is -2.48. The fraction of sp³-hybridized carbons (Fsp3) is 0.235. The van der Waals surface area contributed by atoms with Gasteiger partial charge in [0.25, 0.3) is 0 Å². The zero-order valence-corrected chi connectivity index (χ0v) is 12.3. The molecule has 2 aromatic rings. The summed E-state index contributed by atoms with van der Waals surface area (Å²) in [6, 6.07) is 16.9. The summed E-state index contributed by atoms with van der Waals surface area (Å²) in [4.78, 5) is 12.3. The monoisotopic (exact) mass is 284 g/mol. The maximum atomic E-state index is 12.3. The number of hydrogen-bond acceptors (Lipinski definition) is 3. The first kappa shape index (κ1) is 15.1. The molecular formula is C17H20N2O2. The summed E-state index contributed by atoms with van der Waals surface area (Å²) in [5.74, 6) is 0.553. The highest BCUT2D eigenvalue weighted by Crippen LogP contribution is 2.18. The lowest BCUT2D eigenvalue weighted by atomic mass is 9.92. The van der Waals surface area contributed by atoms with E-state index in [1.165, 1.54) is 0 Å². The van der Waals surface area contributed by atoms with Gasteiger partial charge in [-0.05, 0) is 30.2 Å². The second-order valence-corrected chi connectivity index (χ2v) is 5.10. The number of nitrogens with two attached hydrogens (primary N) is 1. The van der Waals surface area contributed by atoms with Gasteiger partial charge in [-0.2, -0.15) is 0 Å². The van der Waals surface area contributed by atoms with Crippen LogP contribution < -0.4 is 15.8 Å². The van der Waals surface area contributed by atoms with Crippen LogP contribution in [0.4, 0.5) is 0 Å². The van der Waals surface area contributed by atoms with Crippen molar-refractivity contribution in [3.63, 3.8) is 0 Å². The Morgan fingerprint density at radius 1 is 1.19 bits per heavy atom. The van der Waals surface area contributed by atoms with Crippen LogP contribution in [-0.4, -0.2) is 13.0 Å². The number of methoxy groups -OCH3 is 1. The lowest BCUT2D eigenvalue weighted by molar-refractivity contribution is -0.126. The number of amides is 1. The Balaban J connectivity index is 2.04. The lowest BCUT2D eigenvalue weighted by Gasteiger charge is -2.24. The van der Waals surface area contributed by atoms with E-state index in [-0.39, 0.29) is 5.91 Å². The minimum atomic E-state index is -1.06. The summed E-state index contributed by atoms with van der Waals surface area (Å²) < 4.78 is 5.16. The molecule has 1 unspecified atom stereocenters. The first-order valence-corrected chi connectivity index (χ1v) is 6.79. The summed E-state index contributed by atoms with van der Waals surface area (Å²) in [6.45, 7) is 2.12. The maximum absolute atomic E-state index is 12.3. The molecule has 0 saturated heterocycles. The summed E-state index contributed by atoms with van der Waals surface area (Å²) in [6.07, 6.45) is 0. The van der Waals surface area contributed by atoms with E-state index in [0.717, 1.165) is 16.9 Å². The highest BCUT2D eigenvalue weighted by Gasteiger charge is 2.29. The summed E-state index contributed by atoms with van der Waals surface area (Å²) >= 11 is 0. The summed E-state index contributed by atoms with van der Waals surface area (Å²) in [5, 5.41) is 2.87.